The number of aromatic carboxylic acids is 1. The molecule has 15 heteroatoms. The number of hydrogen-bond donors (Lipinski definition) is 7. The van der Waals surface area contributed by atoms with Crippen molar-refractivity contribution < 1.29 is 44.6 Å². The van der Waals surface area contributed by atoms with Crippen LogP contribution in [0, 0.1) is 0 Å². The van der Waals surface area contributed by atoms with Crippen LogP contribution in [-0.2, 0) is 20.8 Å². The molecule has 0 aliphatic rings. The van der Waals surface area contributed by atoms with E-state index in [0.29, 0.717) is 0 Å². The molecule has 0 aliphatic carbocycles. The maximum Gasteiger partial charge on any atom is 0.475 e. The van der Waals surface area contributed by atoms with Crippen LogP contribution in [0.5, 0.6) is 5.75 Å². The van der Waals surface area contributed by atoms with E-state index in [1.165, 1.54) is 31.4 Å². The van der Waals surface area contributed by atoms with Gasteiger partial charge in [0.15, 0.2) is 10.8 Å². The Kier molecular flexibility index (Phi) is 7.97. The minimum absolute atomic E-state index is 0.0213. The van der Waals surface area contributed by atoms with Gasteiger partial charge in [0, 0.05) is 5.38 Å². The highest BCUT2D eigenvalue weighted by molar-refractivity contribution is 7.13. The average Bonchev–Trinajstić information content (AvgIpc) is 3.14. The molecule has 1 aromatic carbocycles. The molecule has 0 spiro atoms. The van der Waals surface area contributed by atoms with Gasteiger partial charge in [0.2, 0.25) is 5.60 Å². The van der Waals surface area contributed by atoms with Gasteiger partial charge in [0.25, 0.3) is 5.91 Å². The minimum Gasteiger partial charge on any atom is -0.507 e. The molecule has 1 atom stereocenters. The van der Waals surface area contributed by atoms with Crippen LogP contribution in [0.15, 0.2) is 28.7 Å². The molecule has 0 bridgehead atoms. The normalized spacial score (nSPS) is 12.7. The van der Waals surface area contributed by atoms with E-state index in [1.54, 1.807) is 0 Å². The van der Waals surface area contributed by atoms with Crippen molar-refractivity contribution >= 4 is 47.1 Å². The van der Waals surface area contributed by atoms with Crippen LogP contribution in [0.2, 0.25) is 0 Å². The van der Waals surface area contributed by atoms with E-state index in [0.717, 1.165) is 17.4 Å². The Labute approximate surface area is 191 Å². The molecule has 2 aromatic rings. The van der Waals surface area contributed by atoms with E-state index in [9.17, 15) is 34.6 Å². The average molecular weight is 480 g/mol. The molecule has 1 heterocycles. The van der Waals surface area contributed by atoms with Crippen molar-refractivity contribution in [3.63, 3.8) is 0 Å². The summed E-state index contributed by atoms with van der Waals surface area (Å²) in [6.07, 6.45) is -0.371. The Morgan fingerprint density at radius 1 is 1.30 bits per heavy atom. The second-order valence-electron chi connectivity index (χ2n) is 7.23. The van der Waals surface area contributed by atoms with E-state index in [1.807, 2.05) is 0 Å². The highest BCUT2D eigenvalue weighted by atomic mass is 32.1. The summed E-state index contributed by atoms with van der Waals surface area (Å²) in [7, 11) is -2.13. The smallest absolute Gasteiger partial charge is 0.475 e. The van der Waals surface area contributed by atoms with E-state index < -0.39 is 53.5 Å². The first-order valence-electron chi connectivity index (χ1n) is 9.25. The number of phenols is 1. The van der Waals surface area contributed by atoms with E-state index in [2.05, 4.69) is 15.5 Å². The number of anilines is 1. The van der Waals surface area contributed by atoms with E-state index >= 15 is 0 Å². The lowest BCUT2D eigenvalue weighted by atomic mass is 9.75. The van der Waals surface area contributed by atoms with Gasteiger partial charge in [-0.1, -0.05) is 17.3 Å². The number of aromatic hydroxyl groups is 1. The van der Waals surface area contributed by atoms with Crippen molar-refractivity contribution in [2.75, 3.05) is 5.73 Å². The van der Waals surface area contributed by atoms with Gasteiger partial charge in [-0.25, -0.2) is 14.6 Å². The molecular formula is C18H21BN4O9S. The highest BCUT2D eigenvalue weighted by Crippen LogP contribution is 2.24. The van der Waals surface area contributed by atoms with E-state index in [4.69, 9.17) is 15.7 Å². The van der Waals surface area contributed by atoms with Crippen molar-refractivity contribution in [2.45, 2.75) is 31.8 Å². The zero-order valence-corrected chi connectivity index (χ0v) is 18.2. The van der Waals surface area contributed by atoms with Gasteiger partial charge in [-0.15, -0.1) is 11.3 Å². The SMILES string of the molecule is CC(C)(ON=C(C(=O)NC(Cc1cccc(C(=O)O)c1O)B(O)O)c1csc(N)n1)C(=O)O. The number of nitrogen functional groups attached to an aromatic ring is 1. The number of aliphatic carboxylic acids is 1. The summed E-state index contributed by atoms with van der Waals surface area (Å²) >= 11 is 0.970. The summed E-state index contributed by atoms with van der Waals surface area (Å²) in [5.41, 5.74) is 2.85. The lowest BCUT2D eigenvalue weighted by Crippen LogP contribution is -2.50. The third kappa shape index (κ3) is 6.41. The van der Waals surface area contributed by atoms with Gasteiger partial charge in [0.1, 0.15) is 17.0 Å². The quantitative estimate of drug-likeness (QED) is 0.130. The molecule has 0 fully saturated rings. The van der Waals surface area contributed by atoms with Crippen molar-refractivity contribution in [3.8, 4) is 5.75 Å². The Morgan fingerprint density at radius 3 is 2.48 bits per heavy atom. The maximum absolute atomic E-state index is 12.9. The molecule has 1 unspecified atom stereocenters. The van der Waals surface area contributed by atoms with Crippen LogP contribution in [0.1, 0.15) is 35.5 Å². The zero-order chi connectivity index (χ0) is 24.9. The summed E-state index contributed by atoms with van der Waals surface area (Å²) in [6.45, 7) is 2.39. The lowest BCUT2D eigenvalue weighted by molar-refractivity contribution is -0.161. The molecule has 2 rings (SSSR count). The Balaban J connectivity index is 2.34. The predicted molar refractivity (Wildman–Crippen MR) is 117 cm³/mol. The first-order chi connectivity index (χ1) is 15.3. The summed E-state index contributed by atoms with van der Waals surface area (Å²) in [5, 5.41) is 55.3. The van der Waals surface area contributed by atoms with Crippen LogP contribution in [0.4, 0.5) is 5.13 Å². The van der Waals surface area contributed by atoms with Crippen LogP contribution in [0.3, 0.4) is 0 Å². The third-order valence-corrected chi connectivity index (χ3v) is 5.00. The molecular weight excluding hydrogens is 459 g/mol. The lowest BCUT2D eigenvalue weighted by Gasteiger charge is -2.20. The fraction of sp³-hybridized carbons (Fsp3) is 0.278. The number of carbonyl (C=O) groups excluding carboxylic acids is 1. The second-order valence-corrected chi connectivity index (χ2v) is 8.12. The molecule has 8 N–H and O–H groups in total. The monoisotopic (exact) mass is 480 g/mol. The molecule has 176 valence electrons. The first kappa shape index (κ1) is 25.6. The zero-order valence-electron chi connectivity index (χ0n) is 17.4. The van der Waals surface area contributed by atoms with Gasteiger partial charge in [0.05, 0.1) is 5.94 Å². The number of carbonyl (C=O) groups is 3. The van der Waals surface area contributed by atoms with Gasteiger partial charge in [-0.3, -0.25) is 4.79 Å². The summed E-state index contributed by atoms with van der Waals surface area (Å²) < 4.78 is 0. The highest BCUT2D eigenvalue weighted by Gasteiger charge is 2.33. The number of carboxylic acid groups (broad SMARTS) is 2. The molecule has 0 saturated heterocycles. The fourth-order valence-corrected chi connectivity index (χ4v) is 2.98. The predicted octanol–water partition coefficient (Wildman–Crippen LogP) is -0.548. The Morgan fingerprint density at radius 2 is 1.97 bits per heavy atom. The third-order valence-electron chi connectivity index (χ3n) is 4.33. The second kappa shape index (κ2) is 10.3. The Hall–Kier alpha value is -3.69. The van der Waals surface area contributed by atoms with Gasteiger partial charge < -0.3 is 41.3 Å². The van der Waals surface area contributed by atoms with Crippen molar-refractivity contribution in [1.82, 2.24) is 10.3 Å². The Bertz CT molecular complexity index is 1090. The van der Waals surface area contributed by atoms with Crippen LogP contribution in [-0.4, -0.2) is 72.6 Å². The summed E-state index contributed by atoms with van der Waals surface area (Å²) in [6, 6.07) is 3.84. The maximum atomic E-state index is 12.9. The number of benzene rings is 1. The number of nitrogens with two attached hydrogens (primary N) is 1. The van der Waals surface area contributed by atoms with Crippen molar-refractivity contribution in [2.24, 2.45) is 5.16 Å². The minimum atomic E-state index is -2.13. The van der Waals surface area contributed by atoms with Crippen LogP contribution < -0.4 is 11.1 Å². The van der Waals surface area contributed by atoms with Gasteiger partial charge in [-0.2, -0.15) is 0 Å². The van der Waals surface area contributed by atoms with Crippen molar-refractivity contribution in [3.05, 3.63) is 40.4 Å². The fourth-order valence-electron chi connectivity index (χ4n) is 2.43. The number of carboxylic acids is 2. The number of rotatable bonds is 10. The molecule has 0 radical (unpaired) electrons. The number of thiazole rings is 1. The summed E-state index contributed by atoms with van der Waals surface area (Å²) in [4.78, 5) is 44.2. The molecule has 1 amide bonds. The number of para-hydroxylation sites is 1. The van der Waals surface area contributed by atoms with Gasteiger partial charge >= 0.3 is 19.1 Å². The number of aromatic nitrogens is 1. The number of nitrogens with zero attached hydrogens (tertiary/aromatic N) is 2. The molecule has 0 aliphatic heterocycles. The largest absolute Gasteiger partial charge is 0.507 e. The number of oxime groups is 1. The number of nitrogens with one attached hydrogen (secondary N) is 1. The number of hydrogen-bond acceptors (Lipinski definition) is 11. The van der Waals surface area contributed by atoms with E-state index in [-0.39, 0.29) is 22.8 Å². The van der Waals surface area contributed by atoms with Crippen LogP contribution in [0.25, 0.3) is 0 Å². The molecule has 1 aromatic heterocycles. The molecule has 0 saturated carbocycles. The standard InChI is InChI=1S/C18H21BN4O9S/c1-18(2,16(28)29)32-23-12(10-7-33-17(20)21-10)14(25)22-11(19(30)31)6-8-4-3-5-9(13(8)24)15(26)27/h3-5,7,11,24,30-31H,6H2,1-2H3,(H2,20,21)(H,22,25)(H,26,27)(H,28,29). The topological polar surface area (TPSA) is 225 Å². The van der Waals surface area contributed by atoms with Gasteiger partial charge in [-0.05, 0) is 31.9 Å². The number of amides is 1. The molecule has 33 heavy (non-hydrogen) atoms. The van der Waals surface area contributed by atoms with Crippen LogP contribution >= 0.6 is 11.3 Å². The van der Waals surface area contributed by atoms with Crippen molar-refractivity contribution in [1.29, 1.82) is 0 Å². The summed E-state index contributed by atoms with van der Waals surface area (Å²) in [5.74, 6) is -5.80. The first-order valence-corrected chi connectivity index (χ1v) is 10.1. The molecule has 13 nitrogen and oxygen atoms in total.